The van der Waals surface area contributed by atoms with Crippen molar-refractivity contribution in [2.24, 2.45) is 11.8 Å². The smallest absolute Gasteiger partial charge is 0.322 e. The summed E-state index contributed by atoms with van der Waals surface area (Å²) in [6, 6.07) is -0.423. The fourth-order valence-electron chi connectivity index (χ4n) is 3.73. The molecule has 7 heteroatoms. The Morgan fingerprint density at radius 1 is 1.30 bits per heavy atom. The van der Waals surface area contributed by atoms with Gasteiger partial charge in [-0.05, 0) is 45.1 Å². The van der Waals surface area contributed by atoms with E-state index >= 15 is 0 Å². The molecule has 0 aromatic carbocycles. The lowest BCUT2D eigenvalue weighted by Gasteiger charge is -2.39. The summed E-state index contributed by atoms with van der Waals surface area (Å²) in [5.74, 6) is 0.484. The van der Waals surface area contributed by atoms with Crippen molar-refractivity contribution in [3.63, 3.8) is 0 Å². The molecule has 0 radical (unpaired) electrons. The molecule has 3 N–H and O–H groups in total. The molecule has 2 aliphatic heterocycles. The van der Waals surface area contributed by atoms with Gasteiger partial charge in [-0.15, -0.1) is 0 Å². The molecule has 0 bridgehead atoms. The second-order valence-corrected chi connectivity index (χ2v) is 7.29. The Morgan fingerprint density at radius 2 is 2.09 bits per heavy atom. The van der Waals surface area contributed by atoms with E-state index in [4.69, 9.17) is 0 Å². The van der Waals surface area contributed by atoms with Gasteiger partial charge in [0.1, 0.15) is 5.54 Å². The van der Waals surface area contributed by atoms with Crippen LogP contribution in [-0.2, 0) is 9.59 Å². The molecule has 3 aliphatic rings. The molecule has 3 fully saturated rings. The molecule has 0 aromatic rings. The zero-order valence-electron chi connectivity index (χ0n) is 13.7. The summed E-state index contributed by atoms with van der Waals surface area (Å²) in [7, 11) is 0. The topological polar surface area (TPSA) is 90.5 Å². The van der Waals surface area contributed by atoms with Gasteiger partial charge in [0.15, 0.2) is 0 Å². The van der Waals surface area contributed by atoms with Crippen LogP contribution < -0.4 is 16.0 Å². The number of imide groups is 1. The van der Waals surface area contributed by atoms with E-state index in [2.05, 4.69) is 20.9 Å². The number of carbonyl (C=O) groups is 3. The van der Waals surface area contributed by atoms with Crippen molar-refractivity contribution >= 4 is 17.8 Å². The van der Waals surface area contributed by atoms with Crippen molar-refractivity contribution in [3.8, 4) is 0 Å². The van der Waals surface area contributed by atoms with Gasteiger partial charge < -0.3 is 10.6 Å². The van der Waals surface area contributed by atoms with Crippen LogP contribution in [0, 0.1) is 11.8 Å². The minimum absolute atomic E-state index is 0.0298. The molecule has 0 aromatic heterocycles. The van der Waals surface area contributed by atoms with Crippen LogP contribution in [0.25, 0.3) is 0 Å². The Balaban J connectivity index is 1.50. The lowest BCUT2D eigenvalue weighted by Crippen LogP contribution is -2.56. The fraction of sp³-hybridized carbons (Fsp3) is 0.812. The Bertz CT molecular complexity index is 506. The highest BCUT2D eigenvalue weighted by atomic mass is 16.2. The summed E-state index contributed by atoms with van der Waals surface area (Å²) in [5.41, 5.74) is -0.863. The molecule has 2 heterocycles. The van der Waals surface area contributed by atoms with E-state index < -0.39 is 11.6 Å². The van der Waals surface area contributed by atoms with Crippen LogP contribution in [-0.4, -0.2) is 54.5 Å². The Kier molecular flexibility index (Phi) is 4.57. The number of nitrogens with one attached hydrogen (secondary N) is 3. The van der Waals surface area contributed by atoms with Crippen molar-refractivity contribution in [1.82, 2.24) is 20.9 Å². The number of hydrogen-bond donors (Lipinski definition) is 3. The first-order chi connectivity index (χ1) is 11.0. The first kappa shape index (κ1) is 16.2. The highest BCUT2D eigenvalue weighted by Crippen LogP contribution is 2.29. The van der Waals surface area contributed by atoms with Crippen LogP contribution >= 0.6 is 0 Å². The van der Waals surface area contributed by atoms with Gasteiger partial charge in [0, 0.05) is 19.0 Å². The highest BCUT2D eigenvalue weighted by Gasteiger charge is 2.48. The second-order valence-electron chi connectivity index (χ2n) is 7.29. The molecule has 0 unspecified atom stereocenters. The monoisotopic (exact) mass is 322 g/mol. The third-order valence-corrected chi connectivity index (χ3v) is 5.57. The SMILES string of the molecule is C[C@]1([C@@H]2CCCN(CC(=O)NCC3CCC3)C2)NC(=O)NC1=O. The molecule has 2 atom stereocenters. The fourth-order valence-corrected chi connectivity index (χ4v) is 3.73. The van der Waals surface area contributed by atoms with Crippen molar-refractivity contribution in [1.29, 1.82) is 0 Å². The third-order valence-electron chi connectivity index (χ3n) is 5.57. The summed E-state index contributed by atoms with van der Waals surface area (Å²) >= 11 is 0. The number of hydrogen-bond acceptors (Lipinski definition) is 4. The van der Waals surface area contributed by atoms with Crippen molar-refractivity contribution in [3.05, 3.63) is 0 Å². The molecule has 128 valence electrons. The van der Waals surface area contributed by atoms with E-state index in [1.165, 1.54) is 19.3 Å². The van der Waals surface area contributed by atoms with Crippen LogP contribution in [0.1, 0.15) is 39.0 Å². The third kappa shape index (κ3) is 3.49. The number of carbonyl (C=O) groups excluding carboxylic acids is 3. The van der Waals surface area contributed by atoms with Gasteiger partial charge >= 0.3 is 6.03 Å². The normalized spacial score (nSPS) is 32.1. The molecule has 0 spiro atoms. The second kappa shape index (κ2) is 6.47. The molecular weight excluding hydrogens is 296 g/mol. The predicted octanol–water partition coefficient (Wildman–Crippen LogP) is 0.213. The molecule has 3 rings (SSSR count). The molecule has 1 aliphatic carbocycles. The maximum Gasteiger partial charge on any atom is 0.322 e. The van der Waals surface area contributed by atoms with Crippen molar-refractivity contribution in [2.45, 2.75) is 44.6 Å². The lowest BCUT2D eigenvalue weighted by molar-refractivity contribution is -0.126. The van der Waals surface area contributed by atoms with Crippen molar-refractivity contribution in [2.75, 3.05) is 26.2 Å². The minimum Gasteiger partial charge on any atom is -0.355 e. The average molecular weight is 322 g/mol. The van der Waals surface area contributed by atoms with E-state index in [1.54, 1.807) is 6.92 Å². The molecular formula is C16H26N4O3. The lowest BCUT2D eigenvalue weighted by atomic mass is 9.80. The Labute approximate surface area is 136 Å². The minimum atomic E-state index is -0.863. The van der Waals surface area contributed by atoms with E-state index in [1.807, 2.05) is 0 Å². The van der Waals surface area contributed by atoms with Crippen LogP contribution in [0.4, 0.5) is 4.79 Å². The van der Waals surface area contributed by atoms with Crippen LogP contribution in [0.2, 0.25) is 0 Å². The Hall–Kier alpha value is -1.63. The first-order valence-electron chi connectivity index (χ1n) is 8.60. The Morgan fingerprint density at radius 3 is 2.70 bits per heavy atom. The van der Waals surface area contributed by atoms with Crippen molar-refractivity contribution < 1.29 is 14.4 Å². The summed E-state index contributed by atoms with van der Waals surface area (Å²) in [6.45, 7) is 4.44. The number of amides is 4. The maximum atomic E-state index is 12.1. The molecule has 4 amide bonds. The highest BCUT2D eigenvalue weighted by molar-refractivity contribution is 6.07. The van der Waals surface area contributed by atoms with Gasteiger partial charge in [0.2, 0.25) is 5.91 Å². The van der Waals surface area contributed by atoms with Gasteiger partial charge in [0.05, 0.1) is 6.54 Å². The molecule has 7 nitrogen and oxygen atoms in total. The summed E-state index contributed by atoms with van der Waals surface area (Å²) in [6.07, 6.45) is 5.53. The van der Waals surface area contributed by atoms with E-state index in [9.17, 15) is 14.4 Å². The van der Waals surface area contributed by atoms with Crippen LogP contribution in [0.3, 0.4) is 0 Å². The maximum absolute atomic E-state index is 12.1. The van der Waals surface area contributed by atoms with Gasteiger partial charge in [-0.25, -0.2) is 4.79 Å². The summed E-state index contributed by atoms with van der Waals surface area (Å²) in [5, 5.41) is 8.08. The molecule has 1 saturated carbocycles. The number of nitrogens with zero attached hydrogens (tertiary/aromatic N) is 1. The van der Waals surface area contributed by atoms with E-state index in [0.29, 0.717) is 19.0 Å². The first-order valence-corrected chi connectivity index (χ1v) is 8.60. The number of rotatable bonds is 5. The van der Waals surface area contributed by atoms with Crippen LogP contribution in [0.5, 0.6) is 0 Å². The van der Waals surface area contributed by atoms with Gasteiger partial charge in [-0.3, -0.25) is 19.8 Å². The number of piperidine rings is 1. The standard InChI is InChI=1S/C16H26N4O3/c1-16(14(22)18-15(23)19-16)12-6-3-7-20(9-12)10-13(21)17-8-11-4-2-5-11/h11-12H,2-10H2,1H3,(H,17,21)(H2,18,19,22,23)/t12-,16-/m1/s1. The predicted molar refractivity (Wildman–Crippen MR) is 84.6 cm³/mol. The average Bonchev–Trinajstić information content (AvgIpc) is 2.71. The molecule has 23 heavy (non-hydrogen) atoms. The van der Waals surface area contributed by atoms with E-state index in [-0.39, 0.29) is 17.7 Å². The molecule has 2 saturated heterocycles. The van der Waals surface area contributed by atoms with Gasteiger partial charge in [0.25, 0.3) is 5.91 Å². The largest absolute Gasteiger partial charge is 0.355 e. The summed E-state index contributed by atoms with van der Waals surface area (Å²) < 4.78 is 0. The number of urea groups is 1. The summed E-state index contributed by atoms with van der Waals surface area (Å²) in [4.78, 5) is 37.7. The van der Waals surface area contributed by atoms with E-state index in [0.717, 1.165) is 25.9 Å². The van der Waals surface area contributed by atoms with Gasteiger partial charge in [-0.1, -0.05) is 6.42 Å². The zero-order chi connectivity index (χ0) is 16.4. The van der Waals surface area contributed by atoms with Gasteiger partial charge in [-0.2, -0.15) is 0 Å². The number of likely N-dealkylation sites (tertiary alicyclic amines) is 1. The zero-order valence-corrected chi connectivity index (χ0v) is 13.7. The van der Waals surface area contributed by atoms with Crippen LogP contribution in [0.15, 0.2) is 0 Å². The quantitative estimate of drug-likeness (QED) is 0.631.